The van der Waals surface area contributed by atoms with Crippen LogP contribution in [0.2, 0.25) is 5.02 Å². The summed E-state index contributed by atoms with van der Waals surface area (Å²) in [5.41, 5.74) is 7.30. The number of hydrogen-bond acceptors (Lipinski definition) is 1. The fraction of sp³-hybridized carbons (Fsp3) is 0.522. The third kappa shape index (κ3) is 6.02. The minimum atomic E-state index is -0.361. The highest BCUT2D eigenvalue weighted by Gasteiger charge is 2.15. The van der Waals surface area contributed by atoms with Crippen molar-refractivity contribution in [3.05, 3.63) is 46.5 Å². The van der Waals surface area contributed by atoms with Crippen molar-refractivity contribution in [2.24, 2.45) is 5.73 Å². The molecule has 0 saturated carbocycles. The van der Waals surface area contributed by atoms with Gasteiger partial charge in [0.2, 0.25) is 5.91 Å². The second kappa shape index (κ2) is 11.2. The average Bonchev–Trinajstić information content (AvgIpc) is 2.63. The number of fused-ring (bicyclic) bond motifs is 1. The summed E-state index contributed by atoms with van der Waals surface area (Å²) >= 11 is 6.42. The third-order valence-electron chi connectivity index (χ3n) is 5.12. The molecule has 2 aromatic rings. The number of nitrogens with two attached hydrogens (primary N) is 1. The van der Waals surface area contributed by atoms with Gasteiger partial charge in [0.15, 0.2) is 0 Å². The summed E-state index contributed by atoms with van der Waals surface area (Å²) in [4.78, 5) is 12.0. The summed E-state index contributed by atoms with van der Waals surface area (Å²) in [6.45, 7) is 2.26. The molecule has 0 atom stereocenters. The van der Waals surface area contributed by atoms with Gasteiger partial charge in [0, 0.05) is 10.4 Å². The first-order chi connectivity index (χ1) is 12.6. The van der Waals surface area contributed by atoms with Crippen LogP contribution in [-0.4, -0.2) is 5.91 Å². The lowest BCUT2D eigenvalue weighted by Gasteiger charge is -2.12. The van der Waals surface area contributed by atoms with Crippen molar-refractivity contribution in [2.75, 3.05) is 0 Å². The lowest BCUT2D eigenvalue weighted by molar-refractivity contribution is 0.100. The number of carbonyl (C=O) groups excluding carboxylic acids is 1. The number of halogens is 1. The number of primary amides is 1. The van der Waals surface area contributed by atoms with Crippen molar-refractivity contribution in [1.29, 1.82) is 0 Å². The van der Waals surface area contributed by atoms with E-state index in [1.807, 2.05) is 30.3 Å². The Balaban J connectivity index is 1.83. The Morgan fingerprint density at radius 2 is 1.42 bits per heavy atom. The molecule has 0 fully saturated rings. The number of benzene rings is 2. The largest absolute Gasteiger partial charge is 0.366 e. The van der Waals surface area contributed by atoms with E-state index in [0.29, 0.717) is 10.6 Å². The van der Waals surface area contributed by atoms with E-state index in [1.54, 1.807) is 0 Å². The molecule has 2 aromatic carbocycles. The molecule has 0 saturated heterocycles. The number of aryl methyl sites for hydroxylation is 1. The molecule has 0 heterocycles. The molecule has 0 aliphatic carbocycles. The summed E-state index contributed by atoms with van der Waals surface area (Å²) in [6, 6.07) is 9.66. The summed E-state index contributed by atoms with van der Waals surface area (Å²) in [5.74, 6) is -0.361. The van der Waals surface area contributed by atoms with E-state index >= 15 is 0 Å². The second-order valence-electron chi connectivity index (χ2n) is 7.23. The minimum absolute atomic E-state index is 0.361. The second-order valence-corrected chi connectivity index (χ2v) is 7.64. The lowest BCUT2D eigenvalue weighted by atomic mass is 9.94. The topological polar surface area (TPSA) is 43.1 Å². The van der Waals surface area contributed by atoms with Gasteiger partial charge >= 0.3 is 0 Å². The van der Waals surface area contributed by atoms with Crippen LogP contribution in [-0.2, 0) is 6.42 Å². The highest BCUT2D eigenvalue weighted by atomic mass is 35.5. The van der Waals surface area contributed by atoms with Crippen molar-refractivity contribution in [1.82, 2.24) is 0 Å². The van der Waals surface area contributed by atoms with Gasteiger partial charge in [0.1, 0.15) is 0 Å². The monoisotopic (exact) mass is 373 g/mol. The quantitative estimate of drug-likeness (QED) is 0.397. The van der Waals surface area contributed by atoms with Crippen molar-refractivity contribution in [2.45, 2.75) is 77.6 Å². The Bertz CT molecular complexity index is 711. The van der Waals surface area contributed by atoms with E-state index in [1.165, 1.54) is 57.8 Å². The number of rotatable bonds is 12. The summed E-state index contributed by atoms with van der Waals surface area (Å²) in [6.07, 6.45) is 13.9. The van der Waals surface area contributed by atoms with E-state index in [9.17, 15) is 4.79 Å². The highest BCUT2D eigenvalue weighted by Crippen LogP contribution is 2.30. The molecule has 0 bridgehead atoms. The van der Waals surface area contributed by atoms with E-state index in [-0.39, 0.29) is 5.91 Å². The first-order valence-electron chi connectivity index (χ1n) is 10.1. The van der Waals surface area contributed by atoms with Gasteiger partial charge in [-0.3, -0.25) is 4.79 Å². The summed E-state index contributed by atoms with van der Waals surface area (Å²) < 4.78 is 0. The average molecular weight is 374 g/mol. The van der Waals surface area contributed by atoms with Crippen LogP contribution >= 0.6 is 11.6 Å². The van der Waals surface area contributed by atoms with E-state index in [0.717, 1.165) is 29.2 Å². The van der Waals surface area contributed by atoms with Gasteiger partial charge in [-0.15, -0.1) is 0 Å². The minimum Gasteiger partial charge on any atom is -0.366 e. The Morgan fingerprint density at radius 3 is 2.00 bits per heavy atom. The van der Waals surface area contributed by atoms with Gasteiger partial charge in [-0.25, -0.2) is 0 Å². The van der Waals surface area contributed by atoms with E-state index in [4.69, 9.17) is 17.3 Å². The fourth-order valence-electron chi connectivity index (χ4n) is 3.68. The molecule has 0 spiro atoms. The molecule has 0 aromatic heterocycles. The number of carbonyl (C=O) groups is 1. The molecule has 0 radical (unpaired) electrons. The Labute approximate surface area is 163 Å². The number of hydrogen-bond donors (Lipinski definition) is 1. The van der Waals surface area contributed by atoms with Gasteiger partial charge in [-0.1, -0.05) is 101 Å². The van der Waals surface area contributed by atoms with Crippen LogP contribution in [0, 0.1) is 0 Å². The third-order valence-corrected chi connectivity index (χ3v) is 5.43. The maximum Gasteiger partial charge on any atom is 0.249 e. The predicted molar refractivity (Wildman–Crippen MR) is 113 cm³/mol. The molecule has 142 valence electrons. The fourth-order valence-corrected chi connectivity index (χ4v) is 3.97. The molecule has 0 aliphatic heterocycles. The first-order valence-corrected chi connectivity index (χ1v) is 10.5. The molecule has 2 nitrogen and oxygen atoms in total. The zero-order chi connectivity index (χ0) is 18.8. The van der Waals surface area contributed by atoms with Crippen LogP contribution < -0.4 is 5.73 Å². The molecule has 26 heavy (non-hydrogen) atoms. The van der Waals surface area contributed by atoms with Crippen LogP contribution in [0.1, 0.15) is 87.1 Å². The maximum atomic E-state index is 12.0. The van der Waals surface area contributed by atoms with Crippen LogP contribution in [0.4, 0.5) is 0 Å². The van der Waals surface area contributed by atoms with E-state index < -0.39 is 0 Å². The summed E-state index contributed by atoms with van der Waals surface area (Å²) in [5, 5.41) is 2.47. The van der Waals surface area contributed by atoms with Gasteiger partial charge in [0.25, 0.3) is 0 Å². The molecule has 2 rings (SSSR count). The molecule has 0 aliphatic rings. The molecule has 2 N–H and O–H groups in total. The van der Waals surface area contributed by atoms with Crippen LogP contribution in [0.15, 0.2) is 30.3 Å². The smallest absolute Gasteiger partial charge is 0.249 e. The molecule has 0 unspecified atom stereocenters. The number of amides is 1. The van der Waals surface area contributed by atoms with Gasteiger partial charge in [0.05, 0.1) is 5.56 Å². The number of unbranched alkanes of at least 4 members (excludes halogenated alkanes) is 9. The van der Waals surface area contributed by atoms with Crippen LogP contribution in [0.3, 0.4) is 0 Å². The normalized spacial score (nSPS) is 11.2. The highest BCUT2D eigenvalue weighted by molar-refractivity contribution is 6.36. The van der Waals surface area contributed by atoms with Gasteiger partial charge in [-0.05, 0) is 29.9 Å². The van der Waals surface area contributed by atoms with E-state index in [2.05, 4.69) is 6.92 Å². The standard InChI is InChI=1S/C23H32ClNO/c1-2-3-4-5-6-7-8-9-10-11-14-18-17-21(24)19-15-12-13-16-20(19)22(18)23(25)26/h12-13,15-17H,2-11,14H2,1H3,(H2,25,26). The van der Waals surface area contributed by atoms with Crippen molar-refractivity contribution >= 4 is 28.3 Å². The van der Waals surface area contributed by atoms with Crippen molar-refractivity contribution < 1.29 is 4.79 Å². The molecular formula is C23H32ClNO. The Kier molecular flexibility index (Phi) is 8.97. The van der Waals surface area contributed by atoms with Gasteiger partial charge in [-0.2, -0.15) is 0 Å². The molecule has 1 amide bonds. The lowest BCUT2D eigenvalue weighted by Crippen LogP contribution is -2.14. The molecular weight excluding hydrogens is 342 g/mol. The summed E-state index contributed by atoms with van der Waals surface area (Å²) in [7, 11) is 0. The van der Waals surface area contributed by atoms with Crippen LogP contribution in [0.25, 0.3) is 10.8 Å². The first kappa shape index (κ1) is 20.8. The maximum absolute atomic E-state index is 12.0. The Hall–Kier alpha value is -1.54. The zero-order valence-corrected chi connectivity index (χ0v) is 16.8. The zero-order valence-electron chi connectivity index (χ0n) is 16.0. The van der Waals surface area contributed by atoms with Crippen molar-refractivity contribution in [3.63, 3.8) is 0 Å². The van der Waals surface area contributed by atoms with Gasteiger partial charge < -0.3 is 5.73 Å². The predicted octanol–water partition coefficient (Wildman–Crippen LogP) is 7.06. The molecule has 3 heteroatoms. The Morgan fingerprint density at radius 1 is 0.885 bits per heavy atom. The van der Waals surface area contributed by atoms with Crippen molar-refractivity contribution in [3.8, 4) is 0 Å². The van der Waals surface area contributed by atoms with Crippen LogP contribution in [0.5, 0.6) is 0 Å². The SMILES string of the molecule is CCCCCCCCCCCCc1cc(Cl)c2ccccc2c1C(N)=O.